The molecule has 6 heteroatoms. The Labute approximate surface area is 119 Å². The lowest BCUT2D eigenvalue weighted by Crippen LogP contribution is -2.47. The third kappa shape index (κ3) is 3.95. The molecule has 20 heavy (non-hydrogen) atoms. The number of hydrogen-bond donors (Lipinski definition) is 1. The summed E-state index contributed by atoms with van der Waals surface area (Å²) >= 11 is 0. The predicted octanol–water partition coefficient (Wildman–Crippen LogP) is 0.957. The van der Waals surface area contributed by atoms with E-state index in [9.17, 15) is 14.4 Å². The molecule has 0 spiro atoms. The minimum absolute atomic E-state index is 0.0167. The van der Waals surface area contributed by atoms with Gasteiger partial charge in [0, 0.05) is 26.6 Å². The molecule has 1 N–H and O–H groups in total. The van der Waals surface area contributed by atoms with E-state index in [2.05, 4.69) is 0 Å². The molecular weight excluding hydrogens is 260 g/mol. The van der Waals surface area contributed by atoms with E-state index in [0.717, 1.165) is 12.8 Å². The molecule has 6 nitrogen and oxygen atoms in total. The van der Waals surface area contributed by atoms with Gasteiger partial charge in [-0.2, -0.15) is 0 Å². The summed E-state index contributed by atoms with van der Waals surface area (Å²) in [5, 5.41) is 8.89. The van der Waals surface area contributed by atoms with Gasteiger partial charge in [0.2, 0.25) is 11.8 Å². The van der Waals surface area contributed by atoms with E-state index >= 15 is 0 Å². The highest BCUT2D eigenvalue weighted by Gasteiger charge is 2.35. The number of likely N-dealkylation sites (tertiary alicyclic amines) is 1. The lowest BCUT2D eigenvalue weighted by atomic mass is 10.1. The first-order valence-corrected chi connectivity index (χ1v) is 7.15. The van der Waals surface area contributed by atoms with Gasteiger partial charge in [0.25, 0.3) is 0 Å². The molecule has 2 unspecified atom stereocenters. The Bertz CT molecular complexity index is 383. The molecule has 1 fully saturated rings. The van der Waals surface area contributed by atoms with E-state index < -0.39 is 17.9 Å². The topological polar surface area (TPSA) is 77.9 Å². The van der Waals surface area contributed by atoms with Gasteiger partial charge in [0.15, 0.2) is 0 Å². The molecule has 1 saturated heterocycles. The summed E-state index contributed by atoms with van der Waals surface area (Å²) < 4.78 is 0. The number of hydrogen-bond acceptors (Lipinski definition) is 3. The number of amides is 2. The van der Waals surface area contributed by atoms with Crippen molar-refractivity contribution in [2.45, 2.75) is 45.6 Å². The van der Waals surface area contributed by atoms with E-state index in [-0.39, 0.29) is 18.4 Å². The minimum Gasteiger partial charge on any atom is -0.481 e. The molecule has 0 aromatic heterocycles. The second-order valence-electron chi connectivity index (χ2n) is 5.45. The molecule has 1 heterocycles. The number of nitrogens with zero attached hydrogens (tertiary/aromatic N) is 2. The van der Waals surface area contributed by atoms with Crippen LogP contribution in [0.3, 0.4) is 0 Å². The Morgan fingerprint density at radius 2 is 2.05 bits per heavy atom. The Kier molecular flexibility index (Phi) is 5.98. The van der Waals surface area contributed by atoms with Crippen LogP contribution in [-0.2, 0) is 14.4 Å². The van der Waals surface area contributed by atoms with Crippen molar-refractivity contribution in [1.29, 1.82) is 0 Å². The fourth-order valence-electron chi connectivity index (χ4n) is 2.51. The fourth-order valence-corrected chi connectivity index (χ4v) is 2.51. The molecule has 1 rings (SSSR count). The molecule has 0 aliphatic carbocycles. The van der Waals surface area contributed by atoms with Crippen molar-refractivity contribution in [3.8, 4) is 0 Å². The molecule has 0 bridgehead atoms. The molecule has 1 aliphatic heterocycles. The Morgan fingerprint density at radius 1 is 1.40 bits per heavy atom. The van der Waals surface area contributed by atoms with Crippen LogP contribution >= 0.6 is 0 Å². The summed E-state index contributed by atoms with van der Waals surface area (Å²) in [5.41, 5.74) is 0. The van der Waals surface area contributed by atoms with E-state index in [0.29, 0.717) is 19.4 Å². The van der Waals surface area contributed by atoms with Gasteiger partial charge in [0.1, 0.15) is 6.04 Å². The predicted molar refractivity (Wildman–Crippen MR) is 74.1 cm³/mol. The smallest absolute Gasteiger partial charge is 0.308 e. The van der Waals surface area contributed by atoms with Crippen molar-refractivity contribution in [2.24, 2.45) is 5.92 Å². The maximum atomic E-state index is 12.4. The highest BCUT2D eigenvalue weighted by atomic mass is 16.4. The second-order valence-corrected chi connectivity index (χ2v) is 5.45. The van der Waals surface area contributed by atoms with Crippen LogP contribution in [-0.4, -0.2) is 58.9 Å². The lowest BCUT2D eigenvalue weighted by Gasteiger charge is -2.28. The Morgan fingerprint density at radius 3 is 2.60 bits per heavy atom. The van der Waals surface area contributed by atoms with Crippen molar-refractivity contribution in [3.05, 3.63) is 0 Å². The molecule has 0 aromatic carbocycles. The van der Waals surface area contributed by atoms with E-state index in [1.165, 1.54) is 4.90 Å². The number of carboxylic acid groups (broad SMARTS) is 1. The van der Waals surface area contributed by atoms with Crippen LogP contribution in [0, 0.1) is 5.92 Å². The van der Waals surface area contributed by atoms with Crippen molar-refractivity contribution < 1.29 is 19.5 Å². The summed E-state index contributed by atoms with van der Waals surface area (Å²) in [4.78, 5) is 38.2. The molecular formula is C14H24N2O4. The maximum absolute atomic E-state index is 12.4. The van der Waals surface area contributed by atoms with Crippen LogP contribution in [0.4, 0.5) is 0 Å². The number of carbonyl (C=O) groups excluding carboxylic acids is 2. The van der Waals surface area contributed by atoms with E-state index in [4.69, 9.17) is 5.11 Å². The largest absolute Gasteiger partial charge is 0.481 e. The molecule has 1 aliphatic rings. The highest BCUT2D eigenvalue weighted by Crippen LogP contribution is 2.20. The number of aliphatic carboxylic acids is 1. The van der Waals surface area contributed by atoms with Crippen LogP contribution in [0.5, 0.6) is 0 Å². The third-order valence-corrected chi connectivity index (χ3v) is 3.67. The zero-order chi connectivity index (χ0) is 15.3. The SMILES string of the molecule is CCCC(=O)N1CCCC1C(=O)N(C)CC(C)C(=O)O. The van der Waals surface area contributed by atoms with Gasteiger partial charge in [-0.05, 0) is 19.3 Å². The molecule has 0 aromatic rings. The Hall–Kier alpha value is -1.59. The molecule has 0 radical (unpaired) electrons. The summed E-state index contributed by atoms with van der Waals surface area (Å²) in [6, 6.07) is -0.417. The van der Waals surface area contributed by atoms with Gasteiger partial charge < -0.3 is 14.9 Å². The highest BCUT2D eigenvalue weighted by molar-refractivity contribution is 5.88. The van der Waals surface area contributed by atoms with Gasteiger partial charge in [-0.25, -0.2) is 0 Å². The van der Waals surface area contributed by atoms with Gasteiger partial charge >= 0.3 is 5.97 Å². The maximum Gasteiger partial charge on any atom is 0.308 e. The molecule has 2 atom stereocenters. The summed E-state index contributed by atoms with van der Waals surface area (Å²) in [5.74, 6) is -1.66. The molecule has 0 saturated carbocycles. The average Bonchev–Trinajstić information content (AvgIpc) is 2.86. The van der Waals surface area contributed by atoms with Crippen LogP contribution in [0.15, 0.2) is 0 Å². The van der Waals surface area contributed by atoms with Crippen molar-refractivity contribution in [2.75, 3.05) is 20.1 Å². The zero-order valence-electron chi connectivity index (χ0n) is 12.5. The van der Waals surface area contributed by atoms with Crippen LogP contribution in [0.2, 0.25) is 0 Å². The first-order chi connectivity index (χ1) is 9.38. The van der Waals surface area contributed by atoms with Crippen molar-refractivity contribution in [3.63, 3.8) is 0 Å². The van der Waals surface area contributed by atoms with Gasteiger partial charge in [-0.3, -0.25) is 14.4 Å². The lowest BCUT2D eigenvalue weighted by molar-refractivity contribution is -0.146. The van der Waals surface area contributed by atoms with Gasteiger partial charge in [0.05, 0.1) is 5.92 Å². The summed E-state index contributed by atoms with van der Waals surface area (Å²) in [6.07, 6.45) is 2.72. The quantitative estimate of drug-likeness (QED) is 0.788. The normalized spacial score (nSPS) is 19.8. The summed E-state index contributed by atoms with van der Waals surface area (Å²) in [7, 11) is 1.60. The van der Waals surface area contributed by atoms with Crippen molar-refractivity contribution >= 4 is 17.8 Å². The van der Waals surface area contributed by atoms with E-state index in [1.807, 2.05) is 6.92 Å². The third-order valence-electron chi connectivity index (χ3n) is 3.67. The Balaban J connectivity index is 2.65. The standard InChI is InChI=1S/C14H24N2O4/c1-4-6-12(17)16-8-5-7-11(16)13(18)15(3)9-10(2)14(19)20/h10-11H,4-9H2,1-3H3,(H,19,20). The second kappa shape index (κ2) is 7.26. The zero-order valence-corrected chi connectivity index (χ0v) is 12.5. The number of carboxylic acids is 1. The number of rotatable bonds is 6. The average molecular weight is 284 g/mol. The molecule has 2 amide bonds. The van der Waals surface area contributed by atoms with Gasteiger partial charge in [-0.15, -0.1) is 0 Å². The number of carbonyl (C=O) groups is 3. The summed E-state index contributed by atoms with van der Waals surface area (Å²) in [6.45, 7) is 4.30. The monoisotopic (exact) mass is 284 g/mol. The van der Waals surface area contributed by atoms with Crippen molar-refractivity contribution in [1.82, 2.24) is 9.80 Å². The van der Waals surface area contributed by atoms with Crippen LogP contribution in [0.25, 0.3) is 0 Å². The first kappa shape index (κ1) is 16.5. The first-order valence-electron chi connectivity index (χ1n) is 7.15. The fraction of sp³-hybridized carbons (Fsp3) is 0.786. The minimum atomic E-state index is -0.921. The van der Waals surface area contributed by atoms with E-state index in [1.54, 1.807) is 18.9 Å². The molecule has 114 valence electrons. The van der Waals surface area contributed by atoms with Crippen LogP contribution < -0.4 is 0 Å². The number of likely N-dealkylation sites (N-methyl/N-ethyl adjacent to an activating group) is 1. The van der Waals surface area contributed by atoms with Crippen LogP contribution in [0.1, 0.15) is 39.5 Å². The van der Waals surface area contributed by atoms with Gasteiger partial charge in [-0.1, -0.05) is 13.8 Å².